The van der Waals surface area contributed by atoms with Gasteiger partial charge in [-0.05, 0) is 0 Å². The number of hydrogen-bond donors (Lipinski definition) is 0. The first-order valence-corrected chi connectivity index (χ1v) is 8.39. The van der Waals surface area contributed by atoms with Crippen LogP contribution in [-0.2, 0) is 7.53 Å². The quantitative estimate of drug-likeness (QED) is 0.700. The summed E-state index contributed by atoms with van der Waals surface area (Å²) in [6, 6.07) is 0. The van der Waals surface area contributed by atoms with Crippen molar-refractivity contribution in [3.8, 4) is 0 Å². The molecule has 0 fully saturated rings. The molecule has 0 radical (unpaired) electrons. The molecule has 12 heavy (non-hydrogen) atoms. The predicted octanol–water partition coefficient (Wildman–Crippen LogP) is 2.93. The number of rotatable bonds is 3. The van der Waals surface area contributed by atoms with Gasteiger partial charge in [0.05, 0.1) is 0 Å². The first-order chi connectivity index (χ1) is 5.31. The van der Waals surface area contributed by atoms with Crippen LogP contribution in [0, 0.1) is 0 Å². The van der Waals surface area contributed by atoms with Crippen LogP contribution in [0.5, 0.6) is 0 Å². The van der Waals surface area contributed by atoms with Crippen molar-refractivity contribution in [2.24, 2.45) is 0 Å². The van der Waals surface area contributed by atoms with Gasteiger partial charge in [-0.2, -0.15) is 0 Å². The van der Waals surface area contributed by atoms with Crippen LogP contribution in [0.4, 0.5) is 0 Å². The zero-order valence-electron chi connectivity index (χ0n) is 9.39. The predicted molar refractivity (Wildman–Crippen MR) is 54.6 cm³/mol. The van der Waals surface area contributed by atoms with Crippen molar-refractivity contribution in [2.75, 3.05) is 14.2 Å². The van der Waals surface area contributed by atoms with Crippen molar-refractivity contribution in [1.82, 2.24) is 0 Å². The summed E-state index contributed by atoms with van der Waals surface area (Å²) in [6.07, 6.45) is 0. The van der Waals surface area contributed by atoms with Gasteiger partial charge in [-0.3, -0.25) is 0 Å². The van der Waals surface area contributed by atoms with E-state index in [1.165, 1.54) is 0 Å². The maximum atomic E-state index is 5.68. The van der Waals surface area contributed by atoms with E-state index in [4.69, 9.17) is 7.53 Å². The molecule has 0 rings (SSSR count). The molecule has 0 unspecified atom stereocenters. The van der Waals surface area contributed by atoms with Crippen molar-refractivity contribution >= 4 is 13.9 Å². The summed E-state index contributed by atoms with van der Waals surface area (Å²) in [4.78, 5) is 0. The Kier molecular flexibility index (Phi) is 4.27. The third-order valence-corrected chi connectivity index (χ3v) is 12.5. The van der Waals surface area contributed by atoms with Crippen molar-refractivity contribution in [3.05, 3.63) is 0 Å². The normalized spacial score (nSPS) is 14.0. The standard InChI is InChI=1S/C9H22GeO2/c1-8(2)10(11-6,12-7)9(3,4)5/h8H,1-7H3. The maximum absolute atomic E-state index is 5.68. The fourth-order valence-corrected chi connectivity index (χ4v) is 10.6. The first-order valence-electron chi connectivity index (χ1n) is 4.42. The van der Waals surface area contributed by atoms with Crippen LogP contribution in [0.1, 0.15) is 34.6 Å². The van der Waals surface area contributed by atoms with Crippen LogP contribution < -0.4 is 0 Å². The van der Waals surface area contributed by atoms with Crippen LogP contribution in [0.25, 0.3) is 0 Å². The Labute approximate surface area is 79.7 Å². The van der Waals surface area contributed by atoms with E-state index >= 15 is 0 Å². The SMILES string of the molecule is C[O][Ge]([O]C)([CH](C)C)[C](C)(C)C. The van der Waals surface area contributed by atoms with Gasteiger partial charge in [0.15, 0.2) is 0 Å². The molecule has 0 heterocycles. The molecule has 0 spiro atoms. The van der Waals surface area contributed by atoms with Crippen molar-refractivity contribution in [3.63, 3.8) is 0 Å². The third kappa shape index (κ3) is 2.03. The minimum absolute atomic E-state index is 0.178. The fourth-order valence-electron chi connectivity index (χ4n) is 2.03. The van der Waals surface area contributed by atoms with Gasteiger partial charge >= 0.3 is 79.3 Å². The Balaban J connectivity index is 4.83. The second kappa shape index (κ2) is 4.11. The Morgan fingerprint density at radius 1 is 1.00 bits per heavy atom. The van der Waals surface area contributed by atoms with Gasteiger partial charge in [-0.1, -0.05) is 0 Å². The van der Waals surface area contributed by atoms with Crippen molar-refractivity contribution < 1.29 is 7.53 Å². The molecule has 0 amide bonds. The monoisotopic (exact) mass is 236 g/mol. The van der Waals surface area contributed by atoms with Crippen LogP contribution in [0.15, 0.2) is 0 Å². The molecular weight excluding hydrogens is 213 g/mol. The third-order valence-electron chi connectivity index (χ3n) is 2.41. The molecule has 0 atom stereocenters. The van der Waals surface area contributed by atoms with Crippen LogP contribution in [0.2, 0.25) is 9.00 Å². The molecule has 0 saturated heterocycles. The Bertz CT molecular complexity index is 134. The van der Waals surface area contributed by atoms with Gasteiger partial charge in [0, 0.05) is 0 Å². The van der Waals surface area contributed by atoms with E-state index in [-0.39, 0.29) is 4.25 Å². The zero-order chi connectivity index (χ0) is 9.99. The molecule has 0 aliphatic rings. The fraction of sp³-hybridized carbons (Fsp3) is 1.00. The van der Waals surface area contributed by atoms with Gasteiger partial charge in [-0.15, -0.1) is 0 Å². The van der Waals surface area contributed by atoms with Crippen LogP contribution in [-0.4, -0.2) is 28.2 Å². The molecule has 74 valence electrons. The summed E-state index contributed by atoms with van der Waals surface area (Å²) in [7, 11) is 3.57. The molecule has 0 aromatic carbocycles. The van der Waals surface area contributed by atoms with E-state index in [0.29, 0.717) is 4.75 Å². The van der Waals surface area contributed by atoms with E-state index in [1.54, 1.807) is 14.2 Å². The van der Waals surface area contributed by atoms with E-state index < -0.39 is 13.9 Å². The van der Waals surface area contributed by atoms with E-state index in [2.05, 4.69) is 34.6 Å². The average Bonchev–Trinajstić information content (AvgIpc) is 1.87. The molecule has 0 aromatic rings. The summed E-state index contributed by atoms with van der Waals surface area (Å²) >= 11 is -2.56. The Morgan fingerprint density at radius 3 is 1.33 bits per heavy atom. The van der Waals surface area contributed by atoms with Gasteiger partial charge < -0.3 is 0 Å². The van der Waals surface area contributed by atoms with Crippen LogP contribution >= 0.6 is 0 Å². The summed E-state index contributed by atoms with van der Waals surface area (Å²) in [5, 5.41) is 0. The molecule has 0 saturated carbocycles. The molecule has 0 aliphatic heterocycles. The topological polar surface area (TPSA) is 18.5 Å². The van der Waals surface area contributed by atoms with E-state index in [1.807, 2.05) is 0 Å². The summed E-state index contributed by atoms with van der Waals surface area (Å²) in [6.45, 7) is 11.0. The molecule has 0 aliphatic carbocycles. The summed E-state index contributed by atoms with van der Waals surface area (Å²) < 4.78 is 12.1. The van der Waals surface area contributed by atoms with Crippen LogP contribution in [0.3, 0.4) is 0 Å². The van der Waals surface area contributed by atoms with Gasteiger partial charge in [-0.25, -0.2) is 0 Å². The molecule has 0 aromatic heterocycles. The second-order valence-corrected chi connectivity index (χ2v) is 14.6. The number of hydrogen-bond acceptors (Lipinski definition) is 2. The second-order valence-electron chi connectivity index (χ2n) is 4.48. The molecule has 3 heteroatoms. The molecule has 0 bridgehead atoms. The van der Waals surface area contributed by atoms with Crippen molar-refractivity contribution in [1.29, 1.82) is 0 Å². The van der Waals surface area contributed by atoms with E-state index in [0.717, 1.165) is 0 Å². The molecule has 2 nitrogen and oxygen atoms in total. The summed E-state index contributed by atoms with van der Waals surface area (Å²) in [5.74, 6) is 0. The van der Waals surface area contributed by atoms with Gasteiger partial charge in [0.25, 0.3) is 0 Å². The first kappa shape index (κ1) is 12.5. The van der Waals surface area contributed by atoms with Gasteiger partial charge in [0.2, 0.25) is 0 Å². The van der Waals surface area contributed by atoms with Crippen molar-refractivity contribution in [2.45, 2.75) is 43.6 Å². The molecule has 0 N–H and O–H groups in total. The average molecular weight is 235 g/mol. The van der Waals surface area contributed by atoms with E-state index in [9.17, 15) is 0 Å². The Morgan fingerprint density at radius 2 is 1.33 bits per heavy atom. The zero-order valence-corrected chi connectivity index (χ0v) is 11.5. The summed E-state index contributed by atoms with van der Waals surface area (Å²) in [5.41, 5.74) is 0. The Hall–Kier alpha value is 0.463. The van der Waals surface area contributed by atoms with Gasteiger partial charge in [0.1, 0.15) is 0 Å². The molecular formula is C9H22GeO2. The minimum atomic E-state index is -2.56.